The molecule has 2 heteroatoms. The largest absolute Gasteiger partial charge is 0.465 e. The molecule has 2 nitrogen and oxygen atoms in total. The fourth-order valence-electron chi connectivity index (χ4n) is 2.63. The van der Waals surface area contributed by atoms with Crippen LogP contribution in [0.25, 0.3) is 0 Å². The van der Waals surface area contributed by atoms with E-state index in [1.807, 2.05) is 0 Å². The molecule has 0 heterocycles. The van der Waals surface area contributed by atoms with E-state index >= 15 is 0 Å². The Morgan fingerprint density at radius 3 is 2.04 bits per heavy atom. The van der Waals surface area contributed by atoms with Gasteiger partial charge in [-0.05, 0) is 42.9 Å². The second kappa shape index (κ2) is 8.54. The summed E-state index contributed by atoms with van der Waals surface area (Å²) in [7, 11) is 1.70. The standard InChI is InChI=1S/C21H34O2/c1-15(2)13-19(16(3)4)17-9-11-18(12-10-17)23-20(22-8)14-21(5,6)7/h9-13,16,19-20H,14H2,1-8H3. The molecule has 0 aliphatic carbocycles. The first-order valence-corrected chi connectivity index (χ1v) is 8.57. The van der Waals surface area contributed by atoms with Gasteiger partial charge in [0.25, 0.3) is 0 Å². The summed E-state index contributed by atoms with van der Waals surface area (Å²) in [4.78, 5) is 0. The van der Waals surface area contributed by atoms with Crippen molar-refractivity contribution in [3.8, 4) is 5.75 Å². The predicted molar refractivity (Wildman–Crippen MR) is 98.9 cm³/mol. The summed E-state index contributed by atoms with van der Waals surface area (Å²) in [5.74, 6) is 1.88. The number of rotatable bonds is 7. The van der Waals surface area contributed by atoms with Crippen LogP contribution in [0.1, 0.15) is 66.4 Å². The van der Waals surface area contributed by atoms with E-state index in [1.54, 1.807) is 7.11 Å². The second-order valence-corrected chi connectivity index (χ2v) is 8.13. The van der Waals surface area contributed by atoms with Crippen molar-refractivity contribution in [3.63, 3.8) is 0 Å². The summed E-state index contributed by atoms with van der Waals surface area (Å²) in [5, 5.41) is 0. The maximum Gasteiger partial charge on any atom is 0.200 e. The van der Waals surface area contributed by atoms with Crippen LogP contribution in [0, 0.1) is 11.3 Å². The van der Waals surface area contributed by atoms with E-state index in [-0.39, 0.29) is 11.7 Å². The van der Waals surface area contributed by atoms with Crippen LogP contribution in [0.15, 0.2) is 35.9 Å². The number of hydrogen-bond donors (Lipinski definition) is 0. The van der Waals surface area contributed by atoms with Crippen LogP contribution in [0.5, 0.6) is 5.75 Å². The molecule has 0 aliphatic rings. The van der Waals surface area contributed by atoms with Crippen molar-refractivity contribution in [3.05, 3.63) is 41.5 Å². The van der Waals surface area contributed by atoms with Crippen LogP contribution in [0.2, 0.25) is 0 Å². The number of allylic oxidation sites excluding steroid dienone is 2. The summed E-state index contributed by atoms with van der Waals surface area (Å²) >= 11 is 0. The maximum absolute atomic E-state index is 5.98. The van der Waals surface area contributed by atoms with Gasteiger partial charge in [-0.25, -0.2) is 0 Å². The second-order valence-electron chi connectivity index (χ2n) is 8.13. The lowest BCUT2D eigenvalue weighted by molar-refractivity contribution is -0.0756. The van der Waals surface area contributed by atoms with Gasteiger partial charge in [0.15, 0.2) is 6.29 Å². The Morgan fingerprint density at radius 1 is 1.09 bits per heavy atom. The number of hydrogen-bond acceptors (Lipinski definition) is 2. The van der Waals surface area contributed by atoms with E-state index in [9.17, 15) is 0 Å². The lowest BCUT2D eigenvalue weighted by atomic mass is 9.87. The minimum Gasteiger partial charge on any atom is -0.465 e. The van der Waals surface area contributed by atoms with Crippen LogP contribution >= 0.6 is 0 Å². The summed E-state index contributed by atoms with van der Waals surface area (Å²) in [6.45, 7) is 15.4. The van der Waals surface area contributed by atoms with Crippen LogP contribution in [-0.4, -0.2) is 13.4 Å². The van der Waals surface area contributed by atoms with Crippen molar-refractivity contribution in [2.24, 2.45) is 11.3 Å². The number of methoxy groups -OCH3 is 1. The predicted octanol–water partition coefficient (Wildman–Crippen LogP) is 6.18. The quantitative estimate of drug-likeness (QED) is 0.441. The molecule has 0 bridgehead atoms. The molecule has 0 fully saturated rings. The van der Waals surface area contributed by atoms with E-state index < -0.39 is 0 Å². The summed E-state index contributed by atoms with van der Waals surface area (Å²) in [6.07, 6.45) is 3.00. The van der Waals surface area contributed by atoms with E-state index in [0.717, 1.165) is 12.2 Å². The first-order valence-electron chi connectivity index (χ1n) is 8.57. The summed E-state index contributed by atoms with van der Waals surface area (Å²) in [5.41, 5.74) is 2.86. The van der Waals surface area contributed by atoms with E-state index in [2.05, 4.69) is 78.8 Å². The molecule has 0 saturated carbocycles. The first-order chi connectivity index (χ1) is 10.6. The van der Waals surface area contributed by atoms with Crippen LogP contribution in [0.3, 0.4) is 0 Å². The highest BCUT2D eigenvalue weighted by molar-refractivity contribution is 5.32. The molecular formula is C21H34O2. The first kappa shape index (κ1) is 19.8. The van der Waals surface area contributed by atoms with Crippen molar-refractivity contribution in [1.29, 1.82) is 0 Å². The Balaban J connectivity index is 2.84. The molecule has 0 radical (unpaired) electrons. The lowest BCUT2D eigenvalue weighted by Crippen LogP contribution is -2.25. The molecule has 23 heavy (non-hydrogen) atoms. The van der Waals surface area contributed by atoms with Crippen LogP contribution in [0.4, 0.5) is 0 Å². The van der Waals surface area contributed by atoms with Gasteiger partial charge in [-0.15, -0.1) is 0 Å². The normalized spacial score (nSPS) is 14.5. The van der Waals surface area contributed by atoms with E-state index in [4.69, 9.17) is 9.47 Å². The molecule has 1 aromatic carbocycles. The summed E-state index contributed by atoms with van der Waals surface area (Å²) < 4.78 is 11.4. The third kappa shape index (κ3) is 7.22. The van der Waals surface area contributed by atoms with Crippen molar-refractivity contribution in [2.45, 2.75) is 67.1 Å². The number of benzene rings is 1. The summed E-state index contributed by atoms with van der Waals surface area (Å²) in [6, 6.07) is 8.45. The van der Waals surface area contributed by atoms with Gasteiger partial charge >= 0.3 is 0 Å². The van der Waals surface area contributed by atoms with E-state index in [1.165, 1.54) is 11.1 Å². The molecule has 1 aromatic rings. The zero-order chi connectivity index (χ0) is 17.6. The Labute approximate surface area is 142 Å². The minimum absolute atomic E-state index is 0.173. The molecule has 2 unspecified atom stereocenters. The van der Waals surface area contributed by atoms with Crippen molar-refractivity contribution in [1.82, 2.24) is 0 Å². The Morgan fingerprint density at radius 2 is 1.65 bits per heavy atom. The monoisotopic (exact) mass is 318 g/mol. The highest BCUT2D eigenvalue weighted by Crippen LogP contribution is 2.29. The van der Waals surface area contributed by atoms with Gasteiger partial charge in [0.05, 0.1) is 0 Å². The zero-order valence-electron chi connectivity index (χ0n) is 16.1. The molecule has 0 aromatic heterocycles. The highest BCUT2D eigenvalue weighted by atomic mass is 16.7. The van der Waals surface area contributed by atoms with Gasteiger partial charge in [-0.2, -0.15) is 0 Å². The molecule has 0 spiro atoms. The average Bonchev–Trinajstić information content (AvgIpc) is 2.43. The van der Waals surface area contributed by atoms with Crippen molar-refractivity contribution < 1.29 is 9.47 Å². The average molecular weight is 319 g/mol. The molecule has 130 valence electrons. The number of ether oxygens (including phenoxy) is 2. The Bertz CT molecular complexity index is 488. The van der Waals surface area contributed by atoms with Crippen molar-refractivity contribution >= 4 is 0 Å². The van der Waals surface area contributed by atoms with E-state index in [0.29, 0.717) is 11.8 Å². The van der Waals surface area contributed by atoms with Crippen molar-refractivity contribution in [2.75, 3.05) is 7.11 Å². The molecule has 2 atom stereocenters. The maximum atomic E-state index is 5.98. The third-order valence-electron chi connectivity index (χ3n) is 3.81. The van der Waals surface area contributed by atoms with Crippen LogP contribution in [-0.2, 0) is 4.74 Å². The smallest absolute Gasteiger partial charge is 0.200 e. The Kier molecular flexibility index (Phi) is 7.34. The molecule has 0 saturated heterocycles. The van der Waals surface area contributed by atoms with Gasteiger partial charge in [-0.3, -0.25) is 0 Å². The fraction of sp³-hybridized carbons (Fsp3) is 0.619. The van der Waals surface area contributed by atoms with Gasteiger partial charge < -0.3 is 9.47 Å². The molecule has 0 amide bonds. The van der Waals surface area contributed by atoms with Gasteiger partial charge in [0.1, 0.15) is 5.75 Å². The van der Waals surface area contributed by atoms with Gasteiger partial charge in [-0.1, -0.05) is 58.4 Å². The van der Waals surface area contributed by atoms with Crippen LogP contribution < -0.4 is 4.74 Å². The zero-order valence-corrected chi connectivity index (χ0v) is 16.1. The SMILES string of the molecule is COC(CC(C)(C)C)Oc1ccc(C(C=C(C)C)C(C)C)cc1. The Hall–Kier alpha value is -1.28. The molecular weight excluding hydrogens is 284 g/mol. The molecule has 0 aliphatic heterocycles. The molecule has 0 N–H and O–H groups in total. The van der Waals surface area contributed by atoms with Gasteiger partial charge in [0, 0.05) is 19.4 Å². The minimum atomic E-state index is -0.209. The lowest BCUT2D eigenvalue weighted by Gasteiger charge is -2.26. The topological polar surface area (TPSA) is 18.5 Å². The van der Waals surface area contributed by atoms with Gasteiger partial charge in [0.2, 0.25) is 0 Å². The molecule has 1 rings (SSSR count). The third-order valence-corrected chi connectivity index (χ3v) is 3.81. The fourth-order valence-corrected chi connectivity index (χ4v) is 2.63. The highest BCUT2D eigenvalue weighted by Gasteiger charge is 2.20.